The van der Waals surface area contributed by atoms with Gasteiger partial charge >= 0.3 is 12.1 Å². The van der Waals surface area contributed by atoms with Gasteiger partial charge in [0.2, 0.25) is 5.91 Å². The summed E-state index contributed by atoms with van der Waals surface area (Å²) in [6.45, 7) is 3.60. The normalized spacial score (nSPS) is 19.2. The predicted octanol–water partition coefficient (Wildman–Crippen LogP) is 2.35. The molecule has 1 aliphatic rings. The molecule has 1 aromatic carbocycles. The molecule has 1 saturated heterocycles. The van der Waals surface area contributed by atoms with Crippen molar-refractivity contribution in [1.82, 2.24) is 10.6 Å². The van der Waals surface area contributed by atoms with Gasteiger partial charge in [0.05, 0.1) is 6.04 Å². The second-order valence-electron chi connectivity index (χ2n) is 5.70. The van der Waals surface area contributed by atoms with Crippen LogP contribution in [-0.4, -0.2) is 48.4 Å². The summed E-state index contributed by atoms with van der Waals surface area (Å²) in [5.74, 6) is -1.80. The van der Waals surface area contributed by atoms with Gasteiger partial charge in [-0.05, 0) is 18.6 Å². The van der Waals surface area contributed by atoms with Crippen LogP contribution in [0.5, 0.6) is 5.75 Å². The van der Waals surface area contributed by atoms with Crippen LogP contribution in [0, 0.1) is 0 Å². The Morgan fingerprint density at radius 2 is 1.92 bits per heavy atom. The van der Waals surface area contributed by atoms with E-state index in [9.17, 15) is 18.0 Å². The molecule has 2 rings (SSSR count). The molecule has 0 radical (unpaired) electrons. The van der Waals surface area contributed by atoms with E-state index in [1.165, 1.54) is 0 Å². The summed E-state index contributed by atoms with van der Waals surface area (Å²) in [5.41, 5.74) is 0. The lowest BCUT2D eigenvalue weighted by Crippen LogP contribution is -2.40. The van der Waals surface area contributed by atoms with Crippen LogP contribution < -0.4 is 15.4 Å². The minimum atomic E-state index is -5.08. The lowest BCUT2D eigenvalue weighted by Gasteiger charge is -2.13. The summed E-state index contributed by atoms with van der Waals surface area (Å²) in [5, 5.41) is 13.3. The van der Waals surface area contributed by atoms with E-state index in [0.717, 1.165) is 38.1 Å². The number of benzene rings is 1. The number of amides is 1. The molecule has 1 aromatic rings. The van der Waals surface area contributed by atoms with Gasteiger partial charge in [-0.2, -0.15) is 13.2 Å². The fraction of sp³-hybridized carbons (Fsp3) is 0.529. The van der Waals surface area contributed by atoms with Crippen molar-refractivity contribution >= 4 is 11.9 Å². The summed E-state index contributed by atoms with van der Waals surface area (Å²) in [4.78, 5) is 20.8. The van der Waals surface area contributed by atoms with Gasteiger partial charge in [-0.15, -0.1) is 0 Å². The number of carbonyl (C=O) groups is 2. The molecule has 1 fully saturated rings. The van der Waals surface area contributed by atoms with E-state index in [1.807, 2.05) is 30.3 Å². The number of carboxylic acid groups (broad SMARTS) is 1. The number of carbonyl (C=O) groups excluding carboxylic acids is 1. The summed E-state index contributed by atoms with van der Waals surface area (Å²) >= 11 is 0. The maximum atomic E-state index is 11.9. The first-order valence-electron chi connectivity index (χ1n) is 8.27. The van der Waals surface area contributed by atoms with Crippen molar-refractivity contribution in [1.29, 1.82) is 0 Å². The third-order valence-electron chi connectivity index (χ3n) is 3.53. The number of unbranched alkanes of at least 4 members (excludes halogenated alkanes) is 1. The van der Waals surface area contributed by atoms with E-state index in [0.29, 0.717) is 0 Å². The highest BCUT2D eigenvalue weighted by Crippen LogP contribution is 2.16. The van der Waals surface area contributed by atoms with Crippen molar-refractivity contribution in [2.45, 2.75) is 44.5 Å². The Balaban J connectivity index is 0.000000412. The molecule has 0 aliphatic carbocycles. The van der Waals surface area contributed by atoms with Crippen LogP contribution in [0.25, 0.3) is 0 Å². The molecule has 0 aromatic heterocycles. The van der Waals surface area contributed by atoms with Gasteiger partial charge in [0.1, 0.15) is 11.9 Å². The third kappa shape index (κ3) is 8.19. The summed E-state index contributed by atoms with van der Waals surface area (Å²) in [6, 6.07) is 9.62. The first kappa shape index (κ1) is 21.8. The number of hydrogen-bond donors (Lipinski definition) is 3. The minimum Gasteiger partial charge on any atom is -0.489 e. The average Bonchev–Trinajstić information content (AvgIpc) is 3.04. The van der Waals surface area contributed by atoms with Crippen molar-refractivity contribution < 1.29 is 32.6 Å². The Bertz CT molecular complexity index is 567. The lowest BCUT2D eigenvalue weighted by molar-refractivity contribution is -0.192. The molecular weight excluding hydrogens is 353 g/mol. The van der Waals surface area contributed by atoms with Crippen LogP contribution >= 0.6 is 0 Å². The quantitative estimate of drug-likeness (QED) is 0.664. The number of nitrogens with one attached hydrogen (secondary N) is 2. The number of rotatable bonds is 6. The maximum absolute atomic E-state index is 11.9. The smallest absolute Gasteiger partial charge is 0.489 e. The van der Waals surface area contributed by atoms with Crippen LogP contribution in [0.3, 0.4) is 0 Å². The molecular formula is C17H23F3N2O4. The lowest BCUT2D eigenvalue weighted by atomic mass is 10.2. The first-order chi connectivity index (χ1) is 12.2. The molecule has 0 saturated carbocycles. The standard InChI is InChI=1S/C15H22N2O2.C2HF3O2/c1-2-3-9-16-15(18)14-10-13(11-17-14)19-12-7-5-4-6-8-12;3-2(4,5)1(6)7/h4-8,13-14,17H,2-3,9-11H2,1H3,(H,16,18);(H,6,7)/t13-,14-;/m0./s1. The van der Waals surface area contributed by atoms with E-state index in [-0.39, 0.29) is 18.1 Å². The van der Waals surface area contributed by atoms with Crippen LogP contribution in [0.1, 0.15) is 26.2 Å². The Hall–Kier alpha value is -2.29. The summed E-state index contributed by atoms with van der Waals surface area (Å²) in [7, 11) is 0. The Labute approximate surface area is 149 Å². The molecule has 1 amide bonds. The van der Waals surface area contributed by atoms with Crippen LogP contribution in [-0.2, 0) is 9.59 Å². The third-order valence-corrected chi connectivity index (χ3v) is 3.53. The fourth-order valence-electron chi connectivity index (χ4n) is 2.20. The van der Waals surface area contributed by atoms with Gasteiger partial charge in [0.15, 0.2) is 0 Å². The molecule has 26 heavy (non-hydrogen) atoms. The van der Waals surface area contributed by atoms with Crippen LogP contribution in [0.15, 0.2) is 30.3 Å². The zero-order valence-electron chi connectivity index (χ0n) is 14.4. The highest BCUT2D eigenvalue weighted by atomic mass is 19.4. The zero-order valence-corrected chi connectivity index (χ0v) is 14.4. The molecule has 146 valence electrons. The van der Waals surface area contributed by atoms with Crippen molar-refractivity contribution in [2.75, 3.05) is 13.1 Å². The minimum absolute atomic E-state index is 0.0734. The largest absolute Gasteiger partial charge is 0.490 e. The van der Waals surface area contributed by atoms with Crippen molar-refractivity contribution in [3.63, 3.8) is 0 Å². The number of alkyl halides is 3. The van der Waals surface area contributed by atoms with Gasteiger partial charge in [0, 0.05) is 19.5 Å². The molecule has 0 spiro atoms. The van der Waals surface area contributed by atoms with Crippen molar-refractivity contribution in [3.8, 4) is 5.75 Å². The SMILES string of the molecule is CCCCNC(=O)[C@@H]1C[C@H](Oc2ccccc2)CN1.O=C(O)C(F)(F)F. The molecule has 0 unspecified atom stereocenters. The van der Waals surface area contributed by atoms with Gasteiger partial charge in [0.25, 0.3) is 0 Å². The molecule has 1 heterocycles. The van der Waals surface area contributed by atoms with Crippen molar-refractivity contribution in [3.05, 3.63) is 30.3 Å². The average molecular weight is 376 g/mol. The highest BCUT2D eigenvalue weighted by molar-refractivity contribution is 5.82. The van der Waals surface area contributed by atoms with E-state index in [4.69, 9.17) is 14.6 Å². The molecule has 6 nitrogen and oxygen atoms in total. The van der Waals surface area contributed by atoms with E-state index in [1.54, 1.807) is 0 Å². The number of carboxylic acids is 1. The van der Waals surface area contributed by atoms with Gasteiger partial charge in [-0.25, -0.2) is 4.79 Å². The summed E-state index contributed by atoms with van der Waals surface area (Å²) in [6.07, 6.45) is -2.16. The number of ether oxygens (including phenoxy) is 1. The summed E-state index contributed by atoms with van der Waals surface area (Å²) < 4.78 is 37.6. The molecule has 2 atom stereocenters. The van der Waals surface area contributed by atoms with Crippen LogP contribution in [0.2, 0.25) is 0 Å². The Morgan fingerprint density at radius 3 is 2.46 bits per heavy atom. The molecule has 1 aliphatic heterocycles. The second-order valence-corrected chi connectivity index (χ2v) is 5.70. The van der Waals surface area contributed by atoms with E-state index in [2.05, 4.69) is 17.6 Å². The van der Waals surface area contributed by atoms with Gasteiger partial charge < -0.3 is 20.5 Å². The zero-order chi connectivity index (χ0) is 19.6. The molecule has 3 N–H and O–H groups in total. The number of aliphatic carboxylic acids is 1. The molecule has 9 heteroatoms. The van der Waals surface area contributed by atoms with Gasteiger partial charge in [-0.3, -0.25) is 4.79 Å². The fourth-order valence-corrected chi connectivity index (χ4v) is 2.20. The highest BCUT2D eigenvalue weighted by Gasteiger charge is 2.38. The Morgan fingerprint density at radius 1 is 1.31 bits per heavy atom. The van der Waals surface area contributed by atoms with E-state index >= 15 is 0 Å². The van der Waals surface area contributed by atoms with Gasteiger partial charge in [-0.1, -0.05) is 31.5 Å². The Kier molecular flexibility index (Phi) is 8.91. The van der Waals surface area contributed by atoms with E-state index < -0.39 is 12.1 Å². The monoisotopic (exact) mass is 376 g/mol. The van der Waals surface area contributed by atoms with Crippen LogP contribution in [0.4, 0.5) is 13.2 Å². The first-order valence-corrected chi connectivity index (χ1v) is 8.27. The molecule has 0 bridgehead atoms. The van der Waals surface area contributed by atoms with Crippen molar-refractivity contribution in [2.24, 2.45) is 0 Å². The number of halogens is 3. The second kappa shape index (κ2) is 10.6. The predicted molar refractivity (Wildman–Crippen MR) is 88.9 cm³/mol. The number of hydrogen-bond acceptors (Lipinski definition) is 4. The number of para-hydroxylation sites is 1. The topological polar surface area (TPSA) is 87.7 Å². The maximum Gasteiger partial charge on any atom is 0.490 e.